The Morgan fingerprint density at radius 2 is 2.29 bits per heavy atom. The molecule has 0 radical (unpaired) electrons. The Labute approximate surface area is 139 Å². The van der Waals surface area contributed by atoms with E-state index in [1.54, 1.807) is 22.0 Å². The minimum absolute atomic E-state index is 0.256. The maximum absolute atomic E-state index is 12.2. The Balaban J connectivity index is 1.53. The van der Waals surface area contributed by atoms with Crippen LogP contribution in [0.1, 0.15) is 24.0 Å². The van der Waals surface area contributed by atoms with E-state index in [2.05, 4.69) is 16.4 Å². The number of cyclic esters (lactones) is 1. The van der Waals surface area contributed by atoms with E-state index >= 15 is 0 Å². The summed E-state index contributed by atoms with van der Waals surface area (Å²) in [6.07, 6.45) is 4.55. The van der Waals surface area contributed by atoms with E-state index < -0.39 is 0 Å². The van der Waals surface area contributed by atoms with Gasteiger partial charge in [0.1, 0.15) is 6.10 Å². The zero-order valence-corrected chi connectivity index (χ0v) is 13.3. The van der Waals surface area contributed by atoms with Crippen LogP contribution in [-0.2, 0) is 16.7 Å². The number of anilines is 1. The number of aromatic nitrogens is 3. The number of nitriles is 1. The second kappa shape index (κ2) is 5.34. The molecular weight excluding hydrogens is 306 g/mol. The lowest BCUT2D eigenvalue weighted by Gasteiger charge is -2.17. The Kier molecular flexibility index (Phi) is 3.27. The summed E-state index contributed by atoms with van der Waals surface area (Å²) in [5, 5.41) is 17.0. The van der Waals surface area contributed by atoms with Crippen LogP contribution in [0.15, 0.2) is 30.6 Å². The molecular formula is C17H17N5O2. The lowest BCUT2D eigenvalue weighted by atomic mass is 9.93. The molecule has 2 aromatic rings. The highest BCUT2D eigenvalue weighted by molar-refractivity contribution is 5.90. The van der Waals surface area contributed by atoms with Gasteiger partial charge in [0.25, 0.3) is 0 Å². The van der Waals surface area contributed by atoms with Crippen molar-refractivity contribution in [3.8, 4) is 6.07 Å². The normalized spacial score (nSPS) is 21.4. The van der Waals surface area contributed by atoms with Gasteiger partial charge in [-0.2, -0.15) is 5.26 Å². The largest absolute Gasteiger partial charge is 0.442 e. The number of aryl methyl sites for hydroxylation is 1. The molecule has 2 aliphatic rings. The van der Waals surface area contributed by atoms with Gasteiger partial charge in [-0.05, 0) is 43.0 Å². The summed E-state index contributed by atoms with van der Waals surface area (Å²) in [5.41, 5.74) is 2.60. The van der Waals surface area contributed by atoms with Crippen LogP contribution in [0.2, 0.25) is 0 Å². The minimum Gasteiger partial charge on any atom is -0.442 e. The number of carbonyl (C=O) groups excluding carboxylic acids is 1. The molecule has 0 bridgehead atoms. The first-order valence-corrected chi connectivity index (χ1v) is 7.96. The number of hydrogen-bond acceptors (Lipinski definition) is 5. The highest BCUT2D eigenvalue weighted by atomic mass is 16.6. The summed E-state index contributed by atoms with van der Waals surface area (Å²) in [5.74, 6) is 0. The molecule has 1 aromatic heterocycles. The molecule has 7 nitrogen and oxygen atoms in total. The fourth-order valence-electron chi connectivity index (χ4n) is 3.29. The van der Waals surface area contributed by atoms with Crippen LogP contribution >= 0.6 is 0 Å². The molecule has 1 amide bonds. The Hall–Kier alpha value is -2.88. The third-order valence-electron chi connectivity index (χ3n) is 4.74. The second-order valence-corrected chi connectivity index (χ2v) is 6.43. The monoisotopic (exact) mass is 323 g/mol. The SMILES string of the molecule is Cc1cc(N2CC(Cn3ccnn3)OC2=O)ccc1C1(C#N)CC1. The van der Waals surface area contributed by atoms with Crippen LogP contribution in [-0.4, -0.2) is 33.7 Å². The molecule has 2 fully saturated rings. The van der Waals surface area contributed by atoms with Crippen LogP contribution in [0.4, 0.5) is 10.5 Å². The molecule has 1 saturated carbocycles. The van der Waals surface area contributed by atoms with E-state index in [4.69, 9.17) is 4.74 Å². The second-order valence-electron chi connectivity index (χ2n) is 6.43. The predicted molar refractivity (Wildman–Crippen MR) is 85.3 cm³/mol. The first-order chi connectivity index (χ1) is 11.6. The molecule has 1 aliphatic carbocycles. The summed E-state index contributed by atoms with van der Waals surface area (Å²) < 4.78 is 7.07. The van der Waals surface area contributed by atoms with Crippen molar-refractivity contribution < 1.29 is 9.53 Å². The topological polar surface area (TPSA) is 84.0 Å². The van der Waals surface area contributed by atoms with Crippen LogP contribution < -0.4 is 4.90 Å². The Morgan fingerprint density at radius 3 is 2.92 bits per heavy atom. The molecule has 7 heteroatoms. The van der Waals surface area contributed by atoms with Crippen molar-refractivity contribution in [2.45, 2.75) is 37.8 Å². The first-order valence-electron chi connectivity index (χ1n) is 7.96. The summed E-state index contributed by atoms with van der Waals surface area (Å²) in [4.78, 5) is 13.8. The zero-order valence-electron chi connectivity index (χ0n) is 13.3. The standard InChI is InChI=1S/C17H17N5O2/c1-12-8-13(2-3-15(12)17(11-18)4-5-17)22-10-14(24-16(22)23)9-21-7-6-19-20-21/h2-3,6-8,14H,4-5,9-10H2,1H3. The third-order valence-corrected chi connectivity index (χ3v) is 4.74. The van der Waals surface area contributed by atoms with Crippen molar-refractivity contribution in [3.05, 3.63) is 41.7 Å². The fourth-order valence-corrected chi connectivity index (χ4v) is 3.29. The maximum Gasteiger partial charge on any atom is 0.414 e. The van der Waals surface area contributed by atoms with Gasteiger partial charge in [0, 0.05) is 11.9 Å². The average molecular weight is 323 g/mol. The van der Waals surface area contributed by atoms with Gasteiger partial charge < -0.3 is 4.74 Å². The highest BCUT2D eigenvalue weighted by Gasteiger charge is 2.46. The van der Waals surface area contributed by atoms with Crippen LogP contribution in [0, 0.1) is 18.3 Å². The number of benzene rings is 1. The van der Waals surface area contributed by atoms with Crippen LogP contribution in [0.25, 0.3) is 0 Å². The molecule has 0 spiro atoms. The van der Waals surface area contributed by atoms with Crippen molar-refractivity contribution in [2.75, 3.05) is 11.4 Å². The van der Waals surface area contributed by atoms with E-state index in [1.807, 2.05) is 25.1 Å². The van der Waals surface area contributed by atoms with Gasteiger partial charge in [0.2, 0.25) is 0 Å². The van der Waals surface area contributed by atoms with E-state index in [1.165, 1.54) is 0 Å². The lowest BCUT2D eigenvalue weighted by molar-refractivity contribution is 0.129. The lowest BCUT2D eigenvalue weighted by Crippen LogP contribution is -2.26. The number of nitrogens with zero attached hydrogens (tertiary/aromatic N) is 5. The first kappa shape index (κ1) is 14.7. The molecule has 1 atom stereocenters. The number of carbonyl (C=O) groups is 1. The molecule has 0 N–H and O–H groups in total. The zero-order chi connectivity index (χ0) is 16.7. The van der Waals surface area contributed by atoms with Gasteiger partial charge in [-0.15, -0.1) is 5.10 Å². The van der Waals surface area contributed by atoms with E-state index in [9.17, 15) is 10.1 Å². The predicted octanol–water partition coefficient (Wildman–Crippen LogP) is 2.17. The van der Waals surface area contributed by atoms with Crippen molar-refractivity contribution in [2.24, 2.45) is 0 Å². The highest BCUT2D eigenvalue weighted by Crippen LogP contribution is 2.49. The summed E-state index contributed by atoms with van der Waals surface area (Å²) in [6, 6.07) is 8.26. The summed E-state index contributed by atoms with van der Waals surface area (Å²) in [7, 11) is 0. The van der Waals surface area contributed by atoms with E-state index in [-0.39, 0.29) is 17.6 Å². The average Bonchev–Trinajstić information content (AvgIpc) is 3.02. The molecule has 1 unspecified atom stereocenters. The number of ether oxygens (including phenoxy) is 1. The minimum atomic E-state index is -0.353. The quantitative estimate of drug-likeness (QED) is 0.861. The van der Waals surface area contributed by atoms with Gasteiger partial charge in [-0.25, -0.2) is 9.48 Å². The van der Waals surface area contributed by atoms with E-state index in [0.29, 0.717) is 13.1 Å². The maximum atomic E-state index is 12.2. The molecule has 1 saturated heterocycles. The molecule has 4 rings (SSSR count). The number of amides is 1. The molecule has 1 aromatic carbocycles. The molecule has 1 aliphatic heterocycles. The van der Waals surface area contributed by atoms with Crippen molar-refractivity contribution in [1.29, 1.82) is 5.26 Å². The van der Waals surface area contributed by atoms with Gasteiger partial charge in [0.15, 0.2) is 0 Å². The number of rotatable bonds is 4. The number of hydrogen-bond donors (Lipinski definition) is 0. The van der Waals surface area contributed by atoms with Crippen molar-refractivity contribution >= 4 is 11.8 Å². The van der Waals surface area contributed by atoms with Crippen LogP contribution in [0.3, 0.4) is 0 Å². The van der Waals surface area contributed by atoms with Crippen molar-refractivity contribution in [1.82, 2.24) is 15.0 Å². The molecule has 2 heterocycles. The Bertz CT molecular complexity index is 820. The Morgan fingerprint density at radius 1 is 1.46 bits per heavy atom. The summed E-state index contributed by atoms with van der Waals surface area (Å²) >= 11 is 0. The van der Waals surface area contributed by atoms with Crippen LogP contribution in [0.5, 0.6) is 0 Å². The van der Waals surface area contributed by atoms with E-state index in [0.717, 1.165) is 29.7 Å². The fraction of sp³-hybridized carbons (Fsp3) is 0.412. The molecule has 122 valence electrons. The van der Waals surface area contributed by atoms with Gasteiger partial charge in [-0.3, -0.25) is 4.90 Å². The smallest absolute Gasteiger partial charge is 0.414 e. The summed E-state index contributed by atoms with van der Waals surface area (Å²) in [6.45, 7) is 2.95. The molecule has 24 heavy (non-hydrogen) atoms. The third kappa shape index (κ3) is 2.40. The van der Waals surface area contributed by atoms with Crippen molar-refractivity contribution in [3.63, 3.8) is 0 Å². The van der Waals surface area contributed by atoms with Gasteiger partial charge >= 0.3 is 6.09 Å². The van der Waals surface area contributed by atoms with Gasteiger partial charge in [-0.1, -0.05) is 11.3 Å². The van der Waals surface area contributed by atoms with Gasteiger partial charge in [0.05, 0.1) is 30.8 Å².